The van der Waals surface area contributed by atoms with Gasteiger partial charge in [0.05, 0.1) is 6.10 Å². The molecular formula is C15H20F3NO3. The molecule has 0 unspecified atom stereocenters. The molecule has 0 spiro atoms. The Kier molecular flexibility index (Phi) is 5.82. The molecule has 0 aliphatic heterocycles. The van der Waals surface area contributed by atoms with E-state index in [1.807, 2.05) is 20.8 Å². The zero-order valence-corrected chi connectivity index (χ0v) is 12.7. The summed E-state index contributed by atoms with van der Waals surface area (Å²) in [6.07, 6.45) is -4.92. The highest BCUT2D eigenvalue weighted by molar-refractivity contribution is 5.94. The van der Waals surface area contributed by atoms with Gasteiger partial charge in [0, 0.05) is 12.1 Å². The number of hydrogen-bond acceptors (Lipinski definition) is 3. The van der Waals surface area contributed by atoms with Gasteiger partial charge in [0.25, 0.3) is 5.91 Å². The lowest BCUT2D eigenvalue weighted by Crippen LogP contribution is -2.32. The van der Waals surface area contributed by atoms with Crippen LogP contribution in [0.5, 0.6) is 5.75 Å². The standard InChI is InChI=1S/C15H20F3NO3/c1-14(2,3)12(20)8-9-19-13(21)10-4-6-11(7-5-10)22-15(16,17)18/h4-7,12,20H,8-9H2,1-3H3,(H,19,21)/t12-/m1/s1. The van der Waals surface area contributed by atoms with Crippen molar-refractivity contribution in [2.75, 3.05) is 6.54 Å². The van der Waals surface area contributed by atoms with Crippen LogP contribution in [0.3, 0.4) is 0 Å². The lowest BCUT2D eigenvalue weighted by atomic mass is 9.87. The van der Waals surface area contributed by atoms with Crippen molar-refractivity contribution in [3.63, 3.8) is 0 Å². The highest BCUT2D eigenvalue weighted by Gasteiger charge is 2.31. The summed E-state index contributed by atoms with van der Waals surface area (Å²) in [5, 5.41) is 12.4. The SMILES string of the molecule is CC(C)(C)[C@H](O)CCNC(=O)c1ccc(OC(F)(F)F)cc1. The van der Waals surface area contributed by atoms with Crippen molar-refractivity contribution in [3.8, 4) is 5.75 Å². The quantitative estimate of drug-likeness (QED) is 0.877. The summed E-state index contributed by atoms with van der Waals surface area (Å²) in [5.74, 6) is -0.799. The van der Waals surface area contributed by atoms with Gasteiger partial charge in [-0.05, 0) is 36.1 Å². The lowest BCUT2D eigenvalue weighted by molar-refractivity contribution is -0.274. The van der Waals surface area contributed by atoms with Gasteiger partial charge in [0.1, 0.15) is 5.75 Å². The molecule has 22 heavy (non-hydrogen) atoms. The van der Waals surface area contributed by atoms with Gasteiger partial charge >= 0.3 is 6.36 Å². The Balaban J connectivity index is 2.50. The van der Waals surface area contributed by atoms with Gasteiger partial charge in [0.2, 0.25) is 0 Å². The minimum absolute atomic E-state index is 0.222. The van der Waals surface area contributed by atoms with Crippen molar-refractivity contribution in [3.05, 3.63) is 29.8 Å². The van der Waals surface area contributed by atoms with Crippen LogP contribution in [-0.2, 0) is 0 Å². The number of halogens is 3. The van der Waals surface area contributed by atoms with Gasteiger partial charge in [-0.3, -0.25) is 4.79 Å². The molecule has 1 aromatic carbocycles. The Bertz CT molecular complexity index is 492. The maximum atomic E-state index is 12.0. The van der Waals surface area contributed by atoms with Gasteiger partial charge in [-0.25, -0.2) is 0 Å². The zero-order valence-electron chi connectivity index (χ0n) is 12.7. The van der Waals surface area contributed by atoms with E-state index in [0.717, 1.165) is 12.1 Å². The van der Waals surface area contributed by atoms with Crippen LogP contribution in [0.4, 0.5) is 13.2 Å². The molecule has 4 nitrogen and oxygen atoms in total. The van der Waals surface area contributed by atoms with Gasteiger partial charge in [-0.15, -0.1) is 13.2 Å². The number of aliphatic hydroxyl groups is 1. The fourth-order valence-corrected chi connectivity index (χ4v) is 1.67. The Morgan fingerprint density at radius 3 is 2.23 bits per heavy atom. The number of alkyl halides is 3. The Hall–Kier alpha value is -1.76. The average molecular weight is 319 g/mol. The average Bonchev–Trinajstić information content (AvgIpc) is 2.36. The van der Waals surface area contributed by atoms with Crippen LogP contribution in [0.25, 0.3) is 0 Å². The second-order valence-corrected chi connectivity index (χ2v) is 6.00. The van der Waals surface area contributed by atoms with Gasteiger partial charge in [-0.1, -0.05) is 20.8 Å². The highest BCUT2D eigenvalue weighted by atomic mass is 19.4. The summed E-state index contributed by atoms with van der Waals surface area (Å²) >= 11 is 0. The van der Waals surface area contributed by atoms with E-state index in [4.69, 9.17) is 0 Å². The highest BCUT2D eigenvalue weighted by Crippen LogP contribution is 2.23. The van der Waals surface area contributed by atoms with Crippen molar-refractivity contribution in [1.82, 2.24) is 5.32 Å². The molecule has 0 saturated carbocycles. The molecule has 0 saturated heterocycles. The number of aliphatic hydroxyl groups excluding tert-OH is 1. The molecule has 1 aromatic rings. The monoisotopic (exact) mass is 319 g/mol. The molecule has 0 aromatic heterocycles. The number of amides is 1. The number of benzene rings is 1. The fourth-order valence-electron chi connectivity index (χ4n) is 1.67. The molecule has 0 heterocycles. The van der Waals surface area contributed by atoms with Crippen LogP contribution in [0.2, 0.25) is 0 Å². The molecule has 2 N–H and O–H groups in total. The van der Waals surface area contributed by atoms with Gasteiger partial charge < -0.3 is 15.2 Å². The molecule has 0 aliphatic carbocycles. The maximum Gasteiger partial charge on any atom is 0.573 e. The molecule has 0 radical (unpaired) electrons. The molecule has 124 valence electrons. The van der Waals surface area contributed by atoms with Crippen LogP contribution in [-0.4, -0.2) is 30.0 Å². The normalized spacial score (nSPS) is 13.6. The Morgan fingerprint density at radius 1 is 1.23 bits per heavy atom. The first-order valence-corrected chi connectivity index (χ1v) is 6.81. The van der Waals surface area contributed by atoms with Crippen molar-refractivity contribution in [1.29, 1.82) is 0 Å². The van der Waals surface area contributed by atoms with Crippen LogP contribution in [0.1, 0.15) is 37.6 Å². The number of hydrogen-bond donors (Lipinski definition) is 2. The minimum Gasteiger partial charge on any atom is -0.406 e. The topological polar surface area (TPSA) is 58.6 Å². The molecule has 7 heteroatoms. The third-order valence-corrected chi connectivity index (χ3v) is 3.05. The lowest BCUT2D eigenvalue weighted by Gasteiger charge is -2.25. The van der Waals surface area contributed by atoms with Crippen molar-refractivity contribution in [2.45, 2.75) is 39.7 Å². The van der Waals surface area contributed by atoms with Gasteiger partial charge in [0.15, 0.2) is 0 Å². The van der Waals surface area contributed by atoms with E-state index >= 15 is 0 Å². The van der Waals surface area contributed by atoms with E-state index < -0.39 is 18.4 Å². The summed E-state index contributed by atoms with van der Waals surface area (Å²) in [5.41, 5.74) is -0.0545. The molecule has 1 amide bonds. The van der Waals surface area contributed by atoms with E-state index in [0.29, 0.717) is 6.42 Å². The molecular weight excluding hydrogens is 299 g/mol. The number of carbonyl (C=O) groups is 1. The predicted octanol–water partition coefficient (Wildman–Crippen LogP) is 3.11. The van der Waals surface area contributed by atoms with E-state index in [2.05, 4.69) is 10.1 Å². The number of carbonyl (C=O) groups excluding carboxylic acids is 1. The number of rotatable bonds is 5. The Labute approximate surface area is 127 Å². The first kappa shape index (κ1) is 18.3. The predicted molar refractivity (Wildman–Crippen MR) is 75.5 cm³/mol. The van der Waals surface area contributed by atoms with E-state index in [1.165, 1.54) is 12.1 Å². The van der Waals surface area contributed by atoms with Crippen LogP contribution in [0.15, 0.2) is 24.3 Å². The van der Waals surface area contributed by atoms with Gasteiger partial charge in [-0.2, -0.15) is 0 Å². The summed E-state index contributed by atoms with van der Waals surface area (Å²) < 4.78 is 39.8. The van der Waals surface area contributed by atoms with Crippen molar-refractivity contribution >= 4 is 5.91 Å². The van der Waals surface area contributed by atoms with Crippen LogP contribution < -0.4 is 10.1 Å². The van der Waals surface area contributed by atoms with E-state index in [9.17, 15) is 23.1 Å². The molecule has 1 atom stereocenters. The molecule has 0 bridgehead atoms. The largest absolute Gasteiger partial charge is 0.573 e. The summed E-state index contributed by atoms with van der Waals surface area (Å²) in [6, 6.07) is 4.64. The van der Waals surface area contributed by atoms with Crippen LogP contribution in [0, 0.1) is 5.41 Å². The minimum atomic E-state index is -4.76. The maximum absolute atomic E-state index is 12.0. The second kappa shape index (κ2) is 7.00. The molecule has 0 aliphatic rings. The van der Waals surface area contributed by atoms with Crippen LogP contribution >= 0.6 is 0 Å². The molecule has 0 fully saturated rings. The first-order chi connectivity index (χ1) is 9.99. The third kappa shape index (κ3) is 6.34. The van der Waals surface area contributed by atoms with Crippen molar-refractivity contribution in [2.24, 2.45) is 5.41 Å². The smallest absolute Gasteiger partial charge is 0.406 e. The van der Waals surface area contributed by atoms with E-state index in [-0.39, 0.29) is 23.3 Å². The van der Waals surface area contributed by atoms with E-state index in [1.54, 1.807) is 0 Å². The fraction of sp³-hybridized carbons (Fsp3) is 0.533. The second-order valence-electron chi connectivity index (χ2n) is 6.00. The zero-order chi connectivity index (χ0) is 17.0. The Morgan fingerprint density at radius 2 is 1.77 bits per heavy atom. The third-order valence-electron chi connectivity index (χ3n) is 3.05. The summed E-state index contributed by atoms with van der Waals surface area (Å²) in [7, 11) is 0. The first-order valence-electron chi connectivity index (χ1n) is 6.81. The summed E-state index contributed by atoms with van der Waals surface area (Å²) in [6.45, 7) is 5.94. The number of nitrogens with one attached hydrogen (secondary N) is 1. The molecule has 1 rings (SSSR count). The number of ether oxygens (including phenoxy) is 1. The van der Waals surface area contributed by atoms with Crippen molar-refractivity contribution < 1.29 is 27.8 Å². The summed E-state index contributed by atoms with van der Waals surface area (Å²) in [4.78, 5) is 11.8.